The van der Waals surface area contributed by atoms with E-state index in [0.717, 1.165) is 27.8 Å². The maximum Gasteiger partial charge on any atom is 0.304 e. The molecular weight excluding hydrogens is 506 g/mol. The number of nitrogens with zero attached hydrogens (tertiary/aromatic N) is 5. The summed E-state index contributed by atoms with van der Waals surface area (Å²) in [5.74, 6) is -1.11. The van der Waals surface area contributed by atoms with Crippen molar-refractivity contribution in [3.8, 4) is 5.75 Å². The number of hydrogen-bond donors (Lipinski definition) is 1. The van der Waals surface area contributed by atoms with Crippen LogP contribution in [0.15, 0.2) is 53.6 Å². The normalized spacial score (nSPS) is 17.9. The number of aliphatic carboxylic acids is 1. The van der Waals surface area contributed by atoms with Crippen molar-refractivity contribution < 1.29 is 23.1 Å². The van der Waals surface area contributed by atoms with Crippen LogP contribution in [-0.2, 0) is 28.4 Å². The van der Waals surface area contributed by atoms with E-state index in [0.29, 0.717) is 16.9 Å². The van der Waals surface area contributed by atoms with E-state index in [1.54, 1.807) is 42.2 Å². The molecule has 0 saturated carbocycles. The number of aryl methyl sites for hydroxylation is 3. The molecule has 2 aromatic heterocycles. The summed E-state index contributed by atoms with van der Waals surface area (Å²) in [6, 6.07) is 12.4. The molecule has 1 aliphatic rings. The molecule has 1 aliphatic heterocycles. The molecular formula is C27H29N5O5S. The van der Waals surface area contributed by atoms with Crippen LogP contribution >= 0.6 is 0 Å². The highest BCUT2D eigenvalue weighted by molar-refractivity contribution is 7.89. The van der Waals surface area contributed by atoms with Crippen LogP contribution in [0.25, 0.3) is 11.2 Å². The number of fused-ring (bicyclic) bond motifs is 2. The summed E-state index contributed by atoms with van der Waals surface area (Å²) in [6.45, 7) is 5.97. The zero-order chi connectivity index (χ0) is 27.2. The molecule has 4 aromatic rings. The number of carboxylic acids is 1. The van der Waals surface area contributed by atoms with E-state index in [-0.39, 0.29) is 30.5 Å². The van der Waals surface area contributed by atoms with Gasteiger partial charge in [0.25, 0.3) is 0 Å². The van der Waals surface area contributed by atoms with Crippen molar-refractivity contribution in [1.82, 2.24) is 24.3 Å². The van der Waals surface area contributed by atoms with E-state index in [1.807, 2.05) is 39.0 Å². The Balaban J connectivity index is 1.56. The first-order valence-corrected chi connectivity index (χ1v) is 13.7. The molecule has 2 aromatic carbocycles. The highest BCUT2D eigenvalue weighted by Gasteiger charge is 2.33. The van der Waals surface area contributed by atoms with E-state index in [4.69, 9.17) is 4.74 Å². The number of carboxylic acid groups (broad SMARTS) is 1. The second-order valence-corrected chi connectivity index (χ2v) is 11.6. The molecule has 5 rings (SSSR count). The number of rotatable bonds is 6. The molecule has 2 unspecified atom stereocenters. The van der Waals surface area contributed by atoms with Gasteiger partial charge < -0.3 is 9.84 Å². The number of ether oxygens (including phenoxy) is 1. The van der Waals surface area contributed by atoms with Gasteiger partial charge in [0.2, 0.25) is 10.0 Å². The van der Waals surface area contributed by atoms with Crippen molar-refractivity contribution in [3.63, 3.8) is 0 Å². The highest BCUT2D eigenvalue weighted by Crippen LogP contribution is 2.35. The number of para-hydroxylation sites is 1. The van der Waals surface area contributed by atoms with Crippen molar-refractivity contribution in [1.29, 1.82) is 0 Å². The third-order valence-electron chi connectivity index (χ3n) is 7.04. The lowest BCUT2D eigenvalue weighted by Crippen LogP contribution is -2.35. The second-order valence-electron chi connectivity index (χ2n) is 9.73. The fraction of sp³-hybridized carbons (Fsp3) is 0.333. The Morgan fingerprint density at radius 1 is 1.21 bits per heavy atom. The monoisotopic (exact) mass is 535 g/mol. The number of hydrogen-bond acceptors (Lipinski definition) is 7. The minimum atomic E-state index is -3.81. The van der Waals surface area contributed by atoms with Gasteiger partial charge in [0, 0.05) is 25.7 Å². The third-order valence-corrected chi connectivity index (χ3v) is 8.89. The van der Waals surface area contributed by atoms with Crippen molar-refractivity contribution in [3.05, 3.63) is 76.5 Å². The van der Waals surface area contributed by atoms with Gasteiger partial charge in [-0.05, 0) is 60.7 Å². The van der Waals surface area contributed by atoms with Crippen LogP contribution in [0.5, 0.6) is 5.75 Å². The predicted octanol–water partition coefficient (Wildman–Crippen LogP) is 3.56. The van der Waals surface area contributed by atoms with Gasteiger partial charge in [-0.15, -0.1) is 5.10 Å². The summed E-state index contributed by atoms with van der Waals surface area (Å²) in [7, 11) is -2.06. The van der Waals surface area contributed by atoms with Gasteiger partial charge in [0.1, 0.15) is 22.3 Å². The van der Waals surface area contributed by atoms with Crippen LogP contribution in [-0.4, -0.2) is 56.4 Å². The van der Waals surface area contributed by atoms with E-state index < -0.39 is 21.9 Å². The lowest BCUT2D eigenvalue weighted by molar-refractivity contribution is -0.137. The summed E-state index contributed by atoms with van der Waals surface area (Å²) in [5, 5.41) is 18.0. The lowest BCUT2D eigenvalue weighted by atomic mass is 9.85. The third kappa shape index (κ3) is 4.63. The molecule has 38 heavy (non-hydrogen) atoms. The molecule has 0 radical (unpaired) electrons. The molecule has 0 saturated heterocycles. The molecule has 3 heterocycles. The Morgan fingerprint density at radius 2 is 1.97 bits per heavy atom. The van der Waals surface area contributed by atoms with E-state index >= 15 is 0 Å². The van der Waals surface area contributed by atoms with Crippen LogP contribution in [0, 0.1) is 13.8 Å². The fourth-order valence-electron chi connectivity index (χ4n) is 4.99. The Kier molecular flexibility index (Phi) is 6.66. The van der Waals surface area contributed by atoms with Gasteiger partial charge >= 0.3 is 5.97 Å². The molecule has 0 aliphatic carbocycles. The Hall–Kier alpha value is -3.83. The van der Waals surface area contributed by atoms with Crippen molar-refractivity contribution >= 4 is 27.2 Å². The smallest absolute Gasteiger partial charge is 0.304 e. The number of aromatic nitrogens is 4. The van der Waals surface area contributed by atoms with E-state index in [9.17, 15) is 18.3 Å². The quantitative estimate of drug-likeness (QED) is 0.397. The Labute approximate surface area is 220 Å². The van der Waals surface area contributed by atoms with Gasteiger partial charge in [0.05, 0.1) is 13.0 Å². The summed E-state index contributed by atoms with van der Waals surface area (Å²) in [5.41, 5.74) is 5.26. The first-order valence-electron chi connectivity index (χ1n) is 12.3. The number of carbonyl (C=O) groups is 1. The van der Waals surface area contributed by atoms with Gasteiger partial charge in [-0.1, -0.05) is 35.5 Å². The highest BCUT2D eigenvalue weighted by atomic mass is 32.2. The molecule has 0 spiro atoms. The van der Waals surface area contributed by atoms with Crippen LogP contribution in [0.3, 0.4) is 0 Å². The molecule has 11 heteroatoms. The van der Waals surface area contributed by atoms with Gasteiger partial charge in [-0.3, -0.25) is 4.79 Å². The maximum atomic E-state index is 13.6. The van der Waals surface area contributed by atoms with Gasteiger partial charge in [0.15, 0.2) is 5.65 Å². The van der Waals surface area contributed by atoms with Crippen LogP contribution in [0.2, 0.25) is 0 Å². The molecule has 0 fully saturated rings. The van der Waals surface area contributed by atoms with E-state index in [2.05, 4.69) is 15.3 Å². The second kappa shape index (κ2) is 9.80. The molecule has 10 nitrogen and oxygen atoms in total. The molecule has 0 bridgehead atoms. The molecule has 2 atom stereocenters. The van der Waals surface area contributed by atoms with Gasteiger partial charge in [-0.2, -0.15) is 4.31 Å². The zero-order valence-corrected chi connectivity index (χ0v) is 22.4. The first-order chi connectivity index (χ1) is 18.1. The number of pyridine rings is 1. The topological polar surface area (TPSA) is 128 Å². The number of benzene rings is 2. The van der Waals surface area contributed by atoms with Crippen LogP contribution in [0.1, 0.15) is 47.1 Å². The standard InChI is InChI=1S/C27H29N5O5S/c1-16-9-10-19(21(12-25(33)34)22-13-28-27-26(18(22)3)29-30-31(27)4)11-20(16)15-32-14-17(2)37-23-7-5-6-8-24(23)38(32,35)36/h5-11,13,17,21H,12,14-15H2,1-4H3,(H,33,34). The average molecular weight is 536 g/mol. The lowest BCUT2D eigenvalue weighted by Gasteiger charge is -2.24. The minimum absolute atomic E-state index is 0.129. The van der Waals surface area contributed by atoms with Crippen LogP contribution < -0.4 is 4.74 Å². The van der Waals surface area contributed by atoms with Crippen molar-refractivity contribution in [2.75, 3.05) is 6.54 Å². The Morgan fingerprint density at radius 3 is 2.74 bits per heavy atom. The predicted molar refractivity (Wildman–Crippen MR) is 140 cm³/mol. The number of sulfonamides is 1. The average Bonchev–Trinajstić information content (AvgIpc) is 3.21. The zero-order valence-electron chi connectivity index (χ0n) is 21.6. The SMILES string of the molecule is Cc1ccc(C(CC(=O)O)c2cnc3c(nnn3C)c2C)cc1CN1CC(C)Oc2ccccc2S1(=O)=O. The summed E-state index contributed by atoms with van der Waals surface area (Å²) >= 11 is 0. The van der Waals surface area contributed by atoms with Crippen molar-refractivity contribution in [2.45, 2.75) is 50.7 Å². The van der Waals surface area contributed by atoms with Crippen molar-refractivity contribution in [2.24, 2.45) is 7.05 Å². The Bertz CT molecular complexity index is 1650. The molecule has 0 amide bonds. The summed E-state index contributed by atoms with van der Waals surface area (Å²) in [4.78, 5) is 16.6. The largest absolute Gasteiger partial charge is 0.488 e. The summed E-state index contributed by atoms with van der Waals surface area (Å²) < 4.78 is 36.1. The van der Waals surface area contributed by atoms with Crippen LogP contribution in [0.4, 0.5) is 0 Å². The first kappa shape index (κ1) is 25.8. The van der Waals surface area contributed by atoms with E-state index in [1.165, 1.54) is 4.31 Å². The fourth-order valence-corrected chi connectivity index (χ4v) is 6.61. The summed E-state index contributed by atoms with van der Waals surface area (Å²) in [6.07, 6.45) is 1.18. The minimum Gasteiger partial charge on any atom is -0.488 e. The molecule has 198 valence electrons. The maximum absolute atomic E-state index is 13.6. The molecule has 1 N–H and O–H groups in total. The van der Waals surface area contributed by atoms with Gasteiger partial charge in [-0.25, -0.2) is 18.1 Å².